The monoisotopic (exact) mass is 1020 g/mol. The van der Waals surface area contributed by atoms with Crippen molar-refractivity contribution in [2.45, 2.75) is 225 Å². The van der Waals surface area contributed by atoms with E-state index >= 15 is 0 Å². The van der Waals surface area contributed by atoms with Crippen LogP contribution in [0.3, 0.4) is 0 Å². The van der Waals surface area contributed by atoms with Gasteiger partial charge in [-0.3, -0.25) is 0 Å². The quantitative estimate of drug-likeness (QED) is 0.153. The third-order valence-electron chi connectivity index (χ3n) is 21.0. The van der Waals surface area contributed by atoms with Gasteiger partial charge in [0.15, 0.2) is 0 Å². The molecule has 2 heterocycles. The third kappa shape index (κ3) is 9.17. The van der Waals surface area contributed by atoms with Crippen LogP contribution in [0.4, 0.5) is 34.1 Å². The number of rotatable bonds is 6. The first-order chi connectivity index (χ1) is 36.6. The molecule has 14 rings (SSSR count). The van der Waals surface area contributed by atoms with Crippen LogP contribution in [-0.4, -0.2) is 6.71 Å². The van der Waals surface area contributed by atoms with E-state index in [0.717, 1.165) is 17.8 Å². The molecule has 3 heteroatoms. The van der Waals surface area contributed by atoms with E-state index in [0.29, 0.717) is 17.3 Å². The highest BCUT2D eigenvalue weighted by Gasteiger charge is 2.52. The average Bonchev–Trinajstić information content (AvgIpc) is 3.50. The molecule has 2 aliphatic heterocycles. The standard InChI is InChI=1S/C74H91BN2/c1-70(2,3)57-38-58(71(4,5)6)41-61(40-57)76-65-34-53(50-19-15-13-16-20-50)25-29-63(65)75-64-30-26-54(51-21-17-14-18-22-51)35-66(64)77(62-42-59(72(7,8)9)39-60(43-62)73(10,11)12)68-37-55(36-67(76)69(68)75)52-23-27-56(28-24-52)74-44-47-31-48(45-74)33-49(32-47)46-74/h23-30,34-43,47-51H,13-22,31-33,44-46H2,1-12H3. The number of benzene rings is 6. The lowest BCUT2D eigenvalue weighted by molar-refractivity contribution is -0.00518. The van der Waals surface area contributed by atoms with Gasteiger partial charge in [-0.2, -0.15) is 0 Å². The topological polar surface area (TPSA) is 6.48 Å². The zero-order valence-corrected chi connectivity index (χ0v) is 49.6. The van der Waals surface area contributed by atoms with Gasteiger partial charge >= 0.3 is 0 Å². The minimum atomic E-state index is -0.0323. The molecular weight excluding hydrogens is 928 g/mol. The molecule has 2 nitrogen and oxygen atoms in total. The molecule has 0 saturated heterocycles. The number of fused-ring (bicyclic) bond motifs is 4. The van der Waals surface area contributed by atoms with Crippen LogP contribution >= 0.6 is 0 Å². The van der Waals surface area contributed by atoms with Crippen LogP contribution in [0.1, 0.15) is 237 Å². The summed E-state index contributed by atoms with van der Waals surface area (Å²) in [7, 11) is 0. The molecule has 400 valence electrons. The van der Waals surface area contributed by atoms with E-state index in [9.17, 15) is 0 Å². The Morgan fingerprint density at radius 1 is 0.390 bits per heavy atom. The Kier molecular flexibility index (Phi) is 12.4. The van der Waals surface area contributed by atoms with Gasteiger partial charge in [0, 0.05) is 34.1 Å². The number of anilines is 6. The van der Waals surface area contributed by atoms with Gasteiger partial charge in [-0.15, -0.1) is 0 Å². The molecular formula is C74H91BN2. The summed E-state index contributed by atoms with van der Waals surface area (Å²) in [6.45, 7) is 28.9. The molecule has 77 heavy (non-hydrogen) atoms. The van der Waals surface area contributed by atoms with E-state index in [-0.39, 0.29) is 28.4 Å². The summed E-state index contributed by atoms with van der Waals surface area (Å²) in [6, 6.07) is 46.6. The lowest BCUT2D eigenvalue weighted by Crippen LogP contribution is -2.61. The Hall–Kier alpha value is -5.02. The Morgan fingerprint density at radius 2 is 0.766 bits per heavy atom. The van der Waals surface area contributed by atoms with E-state index in [1.54, 1.807) is 5.56 Å². The van der Waals surface area contributed by atoms with Gasteiger partial charge in [0.05, 0.1) is 0 Å². The number of hydrogen-bond acceptors (Lipinski definition) is 2. The third-order valence-corrected chi connectivity index (χ3v) is 21.0. The van der Waals surface area contributed by atoms with E-state index in [1.807, 2.05) is 0 Å². The molecule has 6 aromatic carbocycles. The molecule has 0 N–H and O–H groups in total. The van der Waals surface area contributed by atoms with E-state index < -0.39 is 0 Å². The first-order valence-corrected chi connectivity index (χ1v) is 31.1. The summed E-state index contributed by atoms with van der Waals surface area (Å²) in [5.41, 5.74) is 25.4. The van der Waals surface area contributed by atoms with Gasteiger partial charge in [-0.05, 0) is 236 Å². The van der Waals surface area contributed by atoms with Crippen LogP contribution in [-0.2, 0) is 27.1 Å². The van der Waals surface area contributed by atoms with Crippen LogP contribution in [0.15, 0.2) is 109 Å². The zero-order valence-electron chi connectivity index (χ0n) is 49.6. The first kappa shape index (κ1) is 51.4. The van der Waals surface area contributed by atoms with Crippen molar-refractivity contribution in [3.63, 3.8) is 0 Å². The van der Waals surface area contributed by atoms with E-state index in [1.165, 1.54) is 198 Å². The van der Waals surface area contributed by atoms with Crippen LogP contribution in [0.2, 0.25) is 0 Å². The Labute approximate surface area is 466 Å². The van der Waals surface area contributed by atoms with Crippen molar-refractivity contribution in [3.8, 4) is 11.1 Å². The zero-order chi connectivity index (χ0) is 53.6. The summed E-state index contributed by atoms with van der Waals surface area (Å²) in [6.07, 6.45) is 21.8. The summed E-state index contributed by atoms with van der Waals surface area (Å²) in [4.78, 5) is 5.56. The molecule has 4 bridgehead atoms. The second-order valence-corrected chi connectivity index (χ2v) is 30.7. The Bertz CT molecular complexity index is 2970. The van der Waals surface area contributed by atoms with Crippen molar-refractivity contribution >= 4 is 57.2 Å². The minimum Gasteiger partial charge on any atom is -0.311 e. The molecule has 8 aliphatic rings. The lowest BCUT2D eigenvalue weighted by atomic mass is 9.33. The summed E-state index contributed by atoms with van der Waals surface area (Å²) in [5, 5.41) is 0. The van der Waals surface area contributed by atoms with Crippen LogP contribution in [0.5, 0.6) is 0 Å². The molecule has 0 unspecified atom stereocenters. The molecule has 0 atom stereocenters. The highest BCUT2D eigenvalue weighted by molar-refractivity contribution is 7.00. The second-order valence-electron chi connectivity index (χ2n) is 30.7. The normalized spacial score (nSPS) is 23.5. The SMILES string of the molecule is CC(C)(C)c1cc(N2c3cc(C4CCCCC4)ccc3B3c4ccc(C5CCCCC5)cc4N(c4cc(C(C)(C)C)cc(C(C)(C)C)c4)c4cc(-c5ccc(C67CC8CC(CC(C8)C6)C7)cc5)cc2c43)cc(C(C)(C)C)c1. The van der Waals surface area contributed by atoms with Crippen molar-refractivity contribution in [1.82, 2.24) is 0 Å². The molecule has 0 radical (unpaired) electrons. The molecule has 6 fully saturated rings. The van der Waals surface area contributed by atoms with Gasteiger partial charge in [0.2, 0.25) is 0 Å². The Morgan fingerprint density at radius 3 is 1.13 bits per heavy atom. The summed E-state index contributed by atoms with van der Waals surface area (Å²) < 4.78 is 0. The summed E-state index contributed by atoms with van der Waals surface area (Å²) in [5.74, 6) is 3.96. The largest absolute Gasteiger partial charge is 0.311 e. The fourth-order valence-electron chi connectivity index (χ4n) is 16.8. The van der Waals surface area contributed by atoms with Crippen molar-refractivity contribution in [1.29, 1.82) is 0 Å². The highest BCUT2D eigenvalue weighted by Crippen LogP contribution is 2.61. The van der Waals surface area contributed by atoms with E-state index in [2.05, 4.69) is 202 Å². The highest BCUT2D eigenvalue weighted by atomic mass is 15.2. The van der Waals surface area contributed by atoms with Crippen molar-refractivity contribution < 1.29 is 0 Å². The summed E-state index contributed by atoms with van der Waals surface area (Å²) >= 11 is 0. The first-order valence-electron chi connectivity index (χ1n) is 31.1. The van der Waals surface area contributed by atoms with Gasteiger partial charge < -0.3 is 9.80 Å². The van der Waals surface area contributed by atoms with E-state index in [4.69, 9.17) is 0 Å². The molecule has 6 aliphatic carbocycles. The van der Waals surface area contributed by atoms with Gasteiger partial charge in [-0.25, -0.2) is 0 Å². The van der Waals surface area contributed by atoms with Crippen molar-refractivity contribution in [2.24, 2.45) is 17.8 Å². The van der Waals surface area contributed by atoms with Crippen LogP contribution in [0, 0.1) is 17.8 Å². The van der Waals surface area contributed by atoms with Gasteiger partial charge in [0.1, 0.15) is 0 Å². The van der Waals surface area contributed by atoms with Crippen molar-refractivity contribution in [3.05, 3.63) is 148 Å². The lowest BCUT2D eigenvalue weighted by Gasteiger charge is -2.57. The number of nitrogens with zero attached hydrogens (tertiary/aromatic N) is 2. The minimum absolute atomic E-state index is 0.0323. The Balaban J connectivity index is 1.11. The molecule has 6 saturated carbocycles. The molecule has 0 aromatic heterocycles. The molecule has 0 amide bonds. The maximum Gasteiger partial charge on any atom is 0.252 e. The van der Waals surface area contributed by atoms with Gasteiger partial charge in [-0.1, -0.05) is 182 Å². The maximum atomic E-state index is 2.78. The second kappa shape index (κ2) is 18.5. The van der Waals surface area contributed by atoms with Crippen molar-refractivity contribution in [2.75, 3.05) is 9.80 Å². The van der Waals surface area contributed by atoms with Crippen LogP contribution < -0.4 is 26.2 Å². The van der Waals surface area contributed by atoms with Crippen LogP contribution in [0.25, 0.3) is 11.1 Å². The fourth-order valence-corrected chi connectivity index (χ4v) is 16.8. The smallest absolute Gasteiger partial charge is 0.252 e. The predicted octanol–water partition coefficient (Wildman–Crippen LogP) is 19.2. The van der Waals surface area contributed by atoms with Gasteiger partial charge in [0.25, 0.3) is 6.71 Å². The predicted molar refractivity (Wildman–Crippen MR) is 332 cm³/mol. The molecule has 6 aromatic rings. The maximum absolute atomic E-state index is 2.78. The average molecular weight is 1020 g/mol. The fraction of sp³-hybridized carbons (Fsp3) is 0.514. The molecule has 0 spiro atoms. The number of hydrogen-bond donors (Lipinski definition) is 0.